The van der Waals surface area contributed by atoms with Crippen LogP contribution in [-0.2, 0) is 13.3 Å². The number of nitrogens with zero attached hydrogens (tertiary/aromatic N) is 3. The molecule has 0 unspecified atom stereocenters. The van der Waals surface area contributed by atoms with Crippen LogP contribution in [0.15, 0.2) is 41.8 Å². The highest BCUT2D eigenvalue weighted by atomic mass is 16.5. The topological polar surface area (TPSA) is 55.4 Å². The number of rotatable bonds is 4. The van der Waals surface area contributed by atoms with E-state index in [1.807, 2.05) is 29.1 Å². The number of hydrogen-bond acceptors (Lipinski definition) is 4. The molecule has 19 heavy (non-hydrogen) atoms. The fourth-order valence-corrected chi connectivity index (χ4v) is 2.00. The van der Waals surface area contributed by atoms with Gasteiger partial charge in [-0.25, -0.2) is 4.99 Å². The number of pyridine rings is 2. The monoisotopic (exact) mass is 254 g/mol. The largest absolute Gasteiger partial charge is 0.486 e. The smallest absolute Gasteiger partial charge is 0.241 e. The van der Waals surface area contributed by atoms with Gasteiger partial charge >= 0.3 is 0 Å². The van der Waals surface area contributed by atoms with E-state index < -0.39 is 0 Å². The summed E-state index contributed by atoms with van der Waals surface area (Å²) in [6, 6.07) is 5.58. The highest BCUT2D eigenvalue weighted by Gasteiger charge is 2.18. The van der Waals surface area contributed by atoms with Crippen LogP contribution in [0.1, 0.15) is 21.6 Å². The van der Waals surface area contributed by atoms with Crippen LogP contribution in [0.3, 0.4) is 0 Å². The second-order valence-electron chi connectivity index (χ2n) is 4.16. The molecular weight excluding hydrogens is 242 g/mol. The number of carbonyl (C=O) groups is 1. The first kappa shape index (κ1) is 11.5. The molecule has 0 amide bonds. The van der Waals surface area contributed by atoms with Crippen LogP contribution in [0.5, 0.6) is 5.75 Å². The molecule has 1 aliphatic rings. The van der Waals surface area contributed by atoms with E-state index in [0.29, 0.717) is 24.6 Å². The second-order valence-corrected chi connectivity index (χ2v) is 4.16. The zero-order chi connectivity index (χ0) is 13.1. The molecule has 94 valence electrons. The Kier molecular flexibility index (Phi) is 3.02. The third-order valence-electron chi connectivity index (χ3n) is 2.98. The minimum absolute atomic E-state index is 0.384. The van der Waals surface area contributed by atoms with E-state index in [0.717, 1.165) is 17.5 Å². The highest BCUT2D eigenvalue weighted by molar-refractivity contribution is 5.79. The van der Waals surface area contributed by atoms with Crippen LogP contribution in [0.4, 0.5) is 0 Å². The molecule has 5 nitrogen and oxygen atoms in total. The van der Waals surface area contributed by atoms with Gasteiger partial charge in [-0.15, -0.1) is 0 Å². The number of aldehydes is 1. The summed E-state index contributed by atoms with van der Waals surface area (Å²) in [4.78, 5) is 19.1. The third-order valence-corrected chi connectivity index (χ3v) is 2.98. The van der Waals surface area contributed by atoms with Gasteiger partial charge in [0.2, 0.25) is 12.4 Å². The first-order valence-electron chi connectivity index (χ1n) is 5.91. The van der Waals surface area contributed by atoms with Crippen LogP contribution >= 0.6 is 0 Å². The summed E-state index contributed by atoms with van der Waals surface area (Å²) in [5.74, 6) is 0.495. The van der Waals surface area contributed by atoms with E-state index in [4.69, 9.17) is 4.74 Å². The minimum Gasteiger partial charge on any atom is -0.486 e. The molecule has 0 aliphatic carbocycles. The molecule has 0 bridgehead atoms. The van der Waals surface area contributed by atoms with Gasteiger partial charge in [0.05, 0.1) is 17.3 Å². The van der Waals surface area contributed by atoms with Crippen LogP contribution in [0, 0.1) is 0 Å². The summed E-state index contributed by atoms with van der Waals surface area (Å²) in [6.45, 7) is 1.03. The Morgan fingerprint density at radius 2 is 2.37 bits per heavy atom. The number of ether oxygens (including phenoxy) is 1. The predicted molar refractivity (Wildman–Crippen MR) is 68.2 cm³/mol. The summed E-state index contributed by atoms with van der Waals surface area (Å²) in [7, 11) is 0. The van der Waals surface area contributed by atoms with Gasteiger partial charge < -0.3 is 4.74 Å². The molecule has 2 aromatic rings. The summed E-state index contributed by atoms with van der Waals surface area (Å²) in [6.07, 6.45) is 7.70. The van der Waals surface area contributed by atoms with Crippen molar-refractivity contribution in [3.8, 4) is 5.75 Å². The Labute approximate surface area is 110 Å². The van der Waals surface area contributed by atoms with Gasteiger partial charge in [-0.3, -0.25) is 9.78 Å². The number of aromatic nitrogens is 2. The molecule has 0 N–H and O–H groups in total. The van der Waals surface area contributed by atoms with Gasteiger partial charge in [0.15, 0.2) is 12.5 Å². The molecule has 3 rings (SSSR count). The van der Waals surface area contributed by atoms with Gasteiger partial charge in [0.25, 0.3) is 0 Å². The quantitative estimate of drug-likeness (QED) is 0.607. The SMILES string of the molecule is O=Cc1ccncc1OCc1ccc[n+]2c1C=NC2. The average molecular weight is 254 g/mol. The van der Waals surface area contributed by atoms with Gasteiger partial charge in [-0.1, -0.05) is 0 Å². The molecule has 0 saturated carbocycles. The molecule has 0 atom stereocenters. The Hall–Kier alpha value is -2.56. The molecule has 1 aliphatic heterocycles. The van der Waals surface area contributed by atoms with Crippen molar-refractivity contribution in [2.75, 3.05) is 0 Å². The zero-order valence-corrected chi connectivity index (χ0v) is 10.2. The fourth-order valence-electron chi connectivity index (χ4n) is 2.00. The normalized spacial score (nSPS) is 12.2. The van der Waals surface area contributed by atoms with Gasteiger partial charge in [-0.05, 0) is 12.1 Å². The Morgan fingerprint density at radius 3 is 3.26 bits per heavy atom. The average Bonchev–Trinajstić information content (AvgIpc) is 2.94. The molecule has 0 saturated heterocycles. The van der Waals surface area contributed by atoms with Crippen LogP contribution < -0.4 is 9.30 Å². The fraction of sp³-hybridized carbons (Fsp3) is 0.143. The second kappa shape index (κ2) is 4.97. The third kappa shape index (κ3) is 2.22. The first-order chi connectivity index (χ1) is 9.38. The van der Waals surface area contributed by atoms with Gasteiger partial charge in [0, 0.05) is 12.3 Å². The highest BCUT2D eigenvalue weighted by Crippen LogP contribution is 2.16. The van der Waals surface area contributed by atoms with E-state index in [1.54, 1.807) is 18.5 Å². The van der Waals surface area contributed by atoms with Crippen molar-refractivity contribution in [3.05, 3.63) is 53.6 Å². The number of hydrogen-bond donors (Lipinski definition) is 0. The van der Waals surface area contributed by atoms with E-state index in [1.165, 1.54) is 0 Å². The zero-order valence-electron chi connectivity index (χ0n) is 10.2. The summed E-state index contributed by atoms with van der Waals surface area (Å²) >= 11 is 0. The van der Waals surface area contributed by atoms with Crippen molar-refractivity contribution in [2.45, 2.75) is 13.3 Å². The minimum atomic E-state index is 0.384. The Morgan fingerprint density at radius 1 is 1.42 bits per heavy atom. The van der Waals surface area contributed by atoms with Crippen molar-refractivity contribution in [1.82, 2.24) is 4.98 Å². The lowest BCUT2D eigenvalue weighted by atomic mass is 10.2. The standard InChI is InChI=1S/C14H12N3O2/c18-8-11-3-4-15-7-14(11)19-9-12-2-1-5-17-10-16-6-13(12)17/h1-8H,9-10H2/q+1. The maximum atomic E-state index is 10.9. The van der Waals surface area contributed by atoms with Crippen molar-refractivity contribution in [2.24, 2.45) is 4.99 Å². The first-order valence-corrected chi connectivity index (χ1v) is 5.91. The van der Waals surface area contributed by atoms with Crippen LogP contribution in [-0.4, -0.2) is 17.5 Å². The maximum absolute atomic E-state index is 10.9. The maximum Gasteiger partial charge on any atom is 0.241 e. The Bertz CT molecular complexity index is 653. The molecule has 0 radical (unpaired) electrons. The van der Waals surface area contributed by atoms with E-state index >= 15 is 0 Å². The lowest BCUT2D eigenvalue weighted by Gasteiger charge is -2.07. The van der Waals surface area contributed by atoms with Gasteiger partial charge in [-0.2, -0.15) is 4.57 Å². The molecule has 0 fully saturated rings. The lowest BCUT2D eigenvalue weighted by Crippen LogP contribution is -2.34. The molecule has 5 heteroatoms. The molecule has 0 spiro atoms. The number of fused-ring (bicyclic) bond motifs is 1. The number of aliphatic imine (C=N–C) groups is 1. The summed E-state index contributed by atoms with van der Waals surface area (Å²) in [5, 5.41) is 0. The van der Waals surface area contributed by atoms with Crippen molar-refractivity contribution in [3.63, 3.8) is 0 Å². The molecular formula is C14H12N3O2+. The van der Waals surface area contributed by atoms with Crippen molar-refractivity contribution in [1.29, 1.82) is 0 Å². The van der Waals surface area contributed by atoms with Crippen LogP contribution in [0.25, 0.3) is 0 Å². The molecule has 0 aromatic carbocycles. The van der Waals surface area contributed by atoms with Crippen LogP contribution in [0.2, 0.25) is 0 Å². The van der Waals surface area contributed by atoms with Gasteiger partial charge in [0.1, 0.15) is 18.6 Å². The number of carbonyl (C=O) groups excluding carboxylic acids is 1. The van der Waals surface area contributed by atoms with E-state index in [2.05, 4.69) is 9.98 Å². The molecule has 3 heterocycles. The van der Waals surface area contributed by atoms with E-state index in [-0.39, 0.29) is 0 Å². The lowest BCUT2D eigenvalue weighted by molar-refractivity contribution is -0.691. The summed E-state index contributed by atoms with van der Waals surface area (Å²) < 4.78 is 7.71. The predicted octanol–water partition coefficient (Wildman–Crippen LogP) is 1.15. The van der Waals surface area contributed by atoms with Crippen molar-refractivity contribution >= 4 is 12.5 Å². The Balaban J connectivity index is 1.82. The summed E-state index contributed by atoms with van der Waals surface area (Å²) in [5.41, 5.74) is 2.58. The van der Waals surface area contributed by atoms with E-state index in [9.17, 15) is 4.79 Å². The van der Waals surface area contributed by atoms with Crippen molar-refractivity contribution < 1.29 is 14.1 Å². The molecule has 2 aromatic heterocycles.